The molecule has 6 heteroatoms. The fourth-order valence-corrected chi connectivity index (χ4v) is 3.51. The molecule has 2 N–H and O–H groups in total. The molecule has 0 aromatic carbocycles. The van der Waals surface area contributed by atoms with Crippen LogP contribution >= 0.6 is 0 Å². The molecule has 1 aliphatic heterocycles. The highest BCUT2D eigenvalue weighted by atomic mass is 32.2. The zero-order chi connectivity index (χ0) is 12.2. The van der Waals surface area contributed by atoms with E-state index in [0.29, 0.717) is 19.6 Å². The van der Waals surface area contributed by atoms with Crippen LogP contribution in [0.3, 0.4) is 0 Å². The minimum Gasteiger partial charge on any atom is -0.327 e. The van der Waals surface area contributed by atoms with Gasteiger partial charge in [-0.3, -0.25) is 0 Å². The molecule has 0 spiro atoms. The lowest BCUT2D eigenvalue weighted by Gasteiger charge is -2.27. The number of nitrogens with zero attached hydrogens (tertiary/aromatic N) is 2. The van der Waals surface area contributed by atoms with Gasteiger partial charge < -0.3 is 5.73 Å². The summed E-state index contributed by atoms with van der Waals surface area (Å²) < 4.78 is 27.3. The van der Waals surface area contributed by atoms with E-state index in [1.165, 1.54) is 4.31 Å². The molecular formula is C10H23N3O2S. The van der Waals surface area contributed by atoms with Crippen LogP contribution in [0.5, 0.6) is 0 Å². The van der Waals surface area contributed by atoms with Crippen LogP contribution in [0.1, 0.15) is 32.6 Å². The SMILES string of the molecule is CC(N)CN(C)S(=O)(=O)N1CCCCCC1. The number of hydrogen-bond donors (Lipinski definition) is 1. The van der Waals surface area contributed by atoms with E-state index in [1.807, 2.05) is 6.92 Å². The van der Waals surface area contributed by atoms with Gasteiger partial charge in [-0.15, -0.1) is 0 Å². The normalized spacial score (nSPS) is 22.0. The first-order chi connectivity index (χ1) is 7.44. The second-order valence-electron chi connectivity index (χ2n) is 4.58. The number of rotatable bonds is 4. The molecular weight excluding hydrogens is 226 g/mol. The molecule has 0 aromatic heterocycles. The monoisotopic (exact) mass is 249 g/mol. The second-order valence-corrected chi connectivity index (χ2v) is 6.61. The van der Waals surface area contributed by atoms with Crippen molar-refractivity contribution >= 4 is 10.2 Å². The quantitative estimate of drug-likeness (QED) is 0.783. The van der Waals surface area contributed by atoms with Crippen molar-refractivity contribution in [2.45, 2.75) is 38.6 Å². The molecule has 1 saturated heterocycles. The van der Waals surface area contributed by atoms with Crippen LogP contribution in [0.15, 0.2) is 0 Å². The average Bonchev–Trinajstić information content (AvgIpc) is 2.44. The Hall–Kier alpha value is -0.170. The van der Waals surface area contributed by atoms with E-state index >= 15 is 0 Å². The van der Waals surface area contributed by atoms with Crippen LogP contribution in [0.4, 0.5) is 0 Å². The predicted octanol–water partition coefficient (Wildman–Crippen LogP) is 0.386. The Morgan fingerprint density at radius 2 is 1.75 bits per heavy atom. The van der Waals surface area contributed by atoms with Gasteiger partial charge in [0.15, 0.2) is 0 Å². The second kappa shape index (κ2) is 5.95. The van der Waals surface area contributed by atoms with Gasteiger partial charge in [0.05, 0.1) is 0 Å². The Kier molecular flexibility index (Phi) is 5.17. The fraction of sp³-hybridized carbons (Fsp3) is 1.00. The Morgan fingerprint density at radius 3 is 2.19 bits per heavy atom. The molecule has 0 bridgehead atoms. The summed E-state index contributed by atoms with van der Waals surface area (Å²) in [6.07, 6.45) is 4.18. The highest BCUT2D eigenvalue weighted by molar-refractivity contribution is 7.86. The van der Waals surface area contributed by atoms with Gasteiger partial charge in [-0.25, -0.2) is 0 Å². The lowest BCUT2D eigenvalue weighted by molar-refractivity contribution is 0.358. The minimum atomic E-state index is -3.29. The van der Waals surface area contributed by atoms with Crippen molar-refractivity contribution in [1.29, 1.82) is 0 Å². The lowest BCUT2D eigenvalue weighted by atomic mass is 10.2. The minimum absolute atomic E-state index is 0.133. The summed E-state index contributed by atoms with van der Waals surface area (Å²) in [7, 11) is -1.69. The molecule has 1 rings (SSSR count). The molecule has 96 valence electrons. The Morgan fingerprint density at radius 1 is 1.25 bits per heavy atom. The van der Waals surface area contributed by atoms with Crippen molar-refractivity contribution in [3.8, 4) is 0 Å². The summed E-state index contributed by atoms with van der Waals surface area (Å²) in [5.74, 6) is 0. The van der Waals surface area contributed by atoms with Crippen molar-refractivity contribution in [3.05, 3.63) is 0 Å². The summed E-state index contributed by atoms with van der Waals surface area (Å²) in [5.41, 5.74) is 5.63. The molecule has 16 heavy (non-hydrogen) atoms. The first kappa shape index (κ1) is 13.9. The van der Waals surface area contributed by atoms with E-state index in [4.69, 9.17) is 5.73 Å². The fourth-order valence-electron chi connectivity index (χ4n) is 1.97. The third-order valence-corrected chi connectivity index (χ3v) is 4.78. The summed E-state index contributed by atoms with van der Waals surface area (Å²) in [5, 5.41) is 0. The first-order valence-corrected chi connectivity index (χ1v) is 7.31. The maximum absolute atomic E-state index is 12.2. The number of nitrogens with two attached hydrogens (primary N) is 1. The van der Waals surface area contributed by atoms with Crippen molar-refractivity contribution < 1.29 is 8.42 Å². The standard InChI is InChI=1S/C10H23N3O2S/c1-10(11)9-12(2)16(14,15)13-7-5-3-4-6-8-13/h10H,3-9,11H2,1-2H3. The molecule has 1 fully saturated rings. The van der Waals surface area contributed by atoms with Gasteiger partial charge in [-0.2, -0.15) is 17.0 Å². The molecule has 1 aliphatic rings. The molecule has 0 amide bonds. The highest BCUT2D eigenvalue weighted by Crippen LogP contribution is 2.15. The Balaban J connectivity index is 2.67. The molecule has 0 aromatic rings. The molecule has 0 aliphatic carbocycles. The molecule has 0 radical (unpaired) electrons. The van der Waals surface area contributed by atoms with Crippen molar-refractivity contribution in [2.24, 2.45) is 5.73 Å². The van der Waals surface area contributed by atoms with E-state index in [2.05, 4.69) is 0 Å². The summed E-state index contributed by atoms with van der Waals surface area (Å²) in [4.78, 5) is 0. The maximum atomic E-state index is 12.2. The summed E-state index contributed by atoms with van der Waals surface area (Å²) in [6.45, 7) is 3.48. The van der Waals surface area contributed by atoms with E-state index in [0.717, 1.165) is 25.7 Å². The topological polar surface area (TPSA) is 66.6 Å². The zero-order valence-electron chi connectivity index (χ0n) is 10.2. The predicted molar refractivity (Wildman–Crippen MR) is 65.2 cm³/mol. The van der Waals surface area contributed by atoms with Gasteiger partial charge >= 0.3 is 0 Å². The van der Waals surface area contributed by atoms with Crippen LogP contribution in [0.25, 0.3) is 0 Å². The molecule has 1 atom stereocenters. The lowest BCUT2D eigenvalue weighted by Crippen LogP contribution is -2.46. The molecule has 5 nitrogen and oxygen atoms in total. The van der Waals surface area contributed by atoms with E-state index in [-0.39, 0.29) is 6.04 Å². The molecule has 1 heterocycles. The van der Waals surface area contributed by atoms with Gasteiger partial charge in [-0.05, 0) is 19.8 Å². The average molecular weight is 249 g/mol. The van der Waals surface area contributed by atoms with Gasteiger partial charge in [0.1, 0.15) is 0 Å². The van der Waals surface area contributed by atoms with Crippen LogP contribution in [-0.2, 0) is 10.2 Å². The number of hydrogen-bond acceptors (Lipinski definition) is 3. The van der Waals surface area contributed by atoms with E-state index in [9.17, 15) is 8.42 Å². The largest absolute Gasteiger partial charge is 0.327 e. The van der Waals surface area contributed by atoms with Gasteiger partial charge in [-0.1, -0.05) is 12.8 Å². The smallest absolute Gasteiger partial charge is 0.281 e. The summed E-state index contributed by atoms with van der Waals surface area (Å²) >= 11 is 0. The Labute approximate surface area is 98.8 Å². The van der Waals surface area contributed by atoms with Crippen molar-refractivity contribution in [2.75, 3.05) is 26.7 Å². The molecule has 1 unspecified atom stereocenters. The highest BCUT2D eigenvalue weighted by Gasteiger charge is 2.27. The van der Waals surface area contributed by atoms with Gasteiger partial charge in [0.25, 0.3) is 10.2 Å². The first-order valence-electron chi connectivity index (χ1n) is 5.91. The van der Waals surface area contributed by atoms with Gasteiger partial charge in [0.2, 0.25) is 0 Å². The zero-order valence-corrected chi connectivity index (χ0v) is 11.0. The maximum Gasteiger partial charge on any atom is 0.281 e. The third-order valence-electron chi connectivity index (χ3n) is 2.83. The molecule has 0 saturated carbocycles. The van der Waals surface area contributed by atoms with Crippen LogP contribution < -0.4 is 5.73 Å². The van der Waals surface area contributed by atoms with Gasteiger partial charge in [0, 0.05) is 32.7 Å². The van der Waals surface area contributed by atoms with Crippen LogP contribution in [-0.4, -0.2) is 49.8 Å². The van der Waals surface area contributed by atoms with Crippen molar-refractivity contribution in [3.63, 3.8) is 0 Å². The van der Waals surface area contributed by atoms with Crippen LogP contribution in [0.2, 0.25) is 0 Å². The third kappa shape index (κ3) is 3.69. The van der Waals surface area contributed by atoms with E-state index < -0.39 is 10.2 Å². The Bertz CT molecular complexity index is 295. The van der Waals surface area contributed by atoms with Crippen molar-refractivity contribution in [1.82, 2.24) is 8.61 Å². The number of likely N-dealkylation sites (N-methyl/N-ethyl adjacent to an activating group) is 1. The van der Waals surface area contributed by atoms with Crippen LogP contribution in [0, 0.1) is 0 Å². The van der Waals surface area contributed by atoms with E-state index in [1.54, 1.807) is 11.4 Å². The summed E-state index contributed by atoms with van der Waals surface area (Å²) in [6, 6.07) is -0.133.